The van der Waals surface area contributed by atoms with Crippen LogP contribution in [0.25, 0.3) is 0 Å². The van der Waals surface area contributed by atoms with Crippen LogP contribution in [-0.4, -0.2) is 25.8 Å². The van der Waals surface area contributed by atoms with Gasteiger partial charge in [-0.3, -0.25) is 0 Å². The molecular formula is C13H18ClNO2S. The summed E-state index contributed by atoms with van der Waals surface area (Å²) in [6, 6.07) is 5.08. The quantitative estimate of drug-likeness (QED) is 0.838. The van der Waals surface area contributed by atoms with Crippen LogP contribution in [0, 0.1) is 12.8 Å². The molecule has 0 saturated carbocycles. The predicted molar refractivity (Wildman–Crippen MR) is 73.3 cm³/mol. The summed E-state index contributed by atoms with van der Waals surface area (Å²) >= 11 is 6.06. The fourth-order valence-electron chi connectivity index (χ4n) is 2.32. The van der Waals surface area contributed by atoms with Gasteiger partial charge in [0.15, 0.2) is 0 Å². The molecule has 1 aliphatic heterocycles. The third-order valence-electron chi connectivity index (χ3n) is 3.32. The number of hydrogen-bond donors (Lipinski definition) is 0. The van der Waals surface area contributed by atoms with E-state index in [1.54, 1.807) is 22.5 Å². The zero-order chi connectivity index (χ0) is 13.3. The molecule has 0 amide bonds. The maximum atomic E-state index is 12.5. The molecule has 1 unspecified atom stereocenters. The van der Waals surface area contributed by atoms with Gasteiger partial charge in [-0.2, -0.15) is 4.31 Å². The first-order chi connectivity index (χ1) is 8.41. The van der Waals surface area contributed by atoms with Crippen LogP contribution in [0.5, 0.6) is 0 Å². The lowest BCUT2D eigenvalue weighted by Crippen LogP contribution is -2.39. The van der Waals surface area contributed by atoms with Crippen LogP contribution in [0.1, 0.15) is 25.3 Å². The van der Waals surface area contributed by atoms with Crippen molar-refractivity contribution >= 4 is 21.6 Å². The van der Waals surface area contributed by atoms with E-state index in [1.807, 2.05) is 6.92 Å². The van der Waals surface area contributed by atoms with Crippen molar-refractivity contribution in [2.45, 2.75) is 31.6 Å². The monoisotopic (exact) mass is 287 g/mol. The maximum absolute atomic E-state index is 12.5. The fraction of sp³-hybridized carbons (Fsp3) is 0.538. The van der Waals surface area contributed by atoms with E-state index in [0.29, 0.717) is 24.0 Å². The van der Waals surface area contributed by atoms with E-state index in [-0.39, 0.29) is 4.90 Å². The van der Waals surface area contributed by atoms with Gasteiger partial charge in [0.2, 0.25) is 10.0 Å². The highest BCUT2D eigenvalue weighted by Crippen LogP contribution is 2.28. The lowest BCUT2D eigenvalue weighted by Gasteiger charge is -2.30. The Morgan fingerprint density at radius 2 is 2.11 bits per heavy atom. The lowest BCUT2D eigenvalue weighted by atomic mass is 10.0. The van der Waals surface area contributed by atoms with E-state index in [0.717, 1.165) is 18.4 Å². The second kappa shape index (κ2) is 5.19. The number of aryl methyl sites for hydroxylation is 1. The van der Waals surface area contributed by atoms with Gasteiger partial charge in [0, 0.05) is 13.1 Å². The summed E-state index contributed by atoms with van der Waals surface area (Å²) in [5.74, 6) is 0.415. The Morgan fingerprint density at radius 1 is 1.39 bits per heavy atom. The zero-order valence-corrected chi connectivity index (χ0v) is 12.3. The molecule has 2 rings (SSSR count). The Kier molecular flexibility index (Phi) is 3.99. The highest BCUT2D eigenvalue weighted by Gasteiger charge is 2.30. The molecule has 1 saturated heterocycles. The molecule has 1 aromatic rings. The number of piperidine rings is 1. The molecule has 1 atom stereocenters. The first-order valence-electron chi connectivity index (χ1n) is 6.17. The van der Waals surface area contributed by atoms with Gasteiger partial charge in [-0.05, 0) is 43.4 Å². The molecule has 0 radical (unpaired) electrons. The first-order valence-corrected chi connectivity index (χ1v) is 7.99. The normalized spacial score (nSPS) is 22.1. The van der Waals surface area contributed by atoms with Crippen LogP contribution in [0.15, 0.2) is 23.1 Å². The standard InChI is InChI=1S/C13H18ClNO2S/c1-10-5-6-13(12(14)8-10)18(16,17)15-7-3-4-11(2)9-15/h5-6,8,11H,3-4,7,9H2,1-2H3. The lowest BCUT2D eigenvalue weighted by molar-refractivity contribution is 0.281. The third-order valence-corrected chi connectivity index (χ3v) is 5.67. The van der Waals surface area contributed by atoms with Crippen molar-refractivity contribution in [2.24, 2.45) is 5.92 Å². The number of nitrogens with zero attached hydrogens (tertiary/aromatic N) is 1. The van der Waals surface area contributed by atoms with Gasteiger partial charge in [-0.1, -0.05) is 24.6 Å². The Hall–Kier alpha value is -0.580. The van der Waals surface area contributed by atoms with Crippen molar-refractivity contribution in [2.75, 3.05) is 13.1 Å². The molecule has 0 aliphatic carbocycles. The van der Waals surface area contributed by atoms with E-state index >= 15 is 0 Å². The van der Waals surface area contributed by atoms with Crippen molar-refractivity contribution < 1.29 is 8.42 Å². The van der Waals surface area contributed by atoms with Crippen LogP contribution in [0.2, 0.25) is 5.02 Å². The molecule has 0 bridgehead atoms. The Bertz CT molecular complexity index is 542. The van der Waals surface area contributed by atoms with Gasteiger partial charge in [0.1, 0.15) is 4.90 Å². The largest absolute Gasteiger partial charge is 0.244 e. The van der Waals surface area contributed by atoms with Crippen molar-refractivity contribution in [3.8, 4) is 0 Å². The van der Waals surface area contributed by atoms with Crippen molar-refractivity contribution in [3.63, 3.8) is 0 Å². The van der Waals surface area contributed by atoms with Crippen molar-refractivity contribution in [1.82, 2.24) is 4.31 Å². The minimum Gasteiger partial charge on any atom is -0.207 e. The Balaban J connectivity index is 2.35. The molecule has 1 heterocycles. The number of rotatable bonds is 2. The summed E-state index contributed by atoms with van der Waals surface area (Å²) < 4.78 is 26.6. The molecule has 0 aromatic heterocycles. The summed E-state index contributed by atoms with van der Waals surface area (Å²) in [7, 11) is -3.44. The van der Waals surface area contributed by atoms with E-state index < -0.39 is 10.0 Å². The average molecular weight is 288 g/mol. The van der Waals surface area contributed by atoms with Gasteiger partial charge in [-0.15, -0.1) is 0 Å². The topological polar surface area (TPSA) is 37.4 Å². The van der Waals surface area contributed by atoms with Crippen molar-refractivity contribution in [3.05, 3.63) is 28.8 Å². The number of halogens is 1. The van der Waals surface area contributed by atoms with Crippen LogP contribution >= 0.6 is 11.6 Å². The van der Waals surface area contributed by atoms with E-state index in [1.165, 1.54) is 0 Å². The molecule has 0 spiro atoms. The molecule has 1 aliphatic rings. The minimum absolute atomic E-state index is 0.226. The van der Waals surface area contributed by atoms with Gasteiger partial charge in [0.05, 0.1) is 5.02 Å². The molecule has 100 valence electrons. The SMILES string of the molecule is Cc1ccc(S(=O)(=O)N2CCCC(C)C2)c(Cl)c1. The number of hydrogen-bond acceptors (Lipinski definition) is 2. The number of benzene rings is 1. The Labute approximate surface area is 114 Å². The molecule has 5 heteroatoms. The molecule has 1 fully saturated rings. The van der Waals surface area contributed by atoms with Crippen molar-refractivity contribution in [1.29, 1.82) is 0 Å². The van der Waals surface area contributed by atoms with Gasteiger partial charge < -0.3 is 0 Å². The number of sulfonamides is 1. The van der Waals surface area contributed by atoms with E-state index in [4.69, 9.17) is 11.6 Å². The van der Waals surface area contributed by atoms with Gasteiger partial charge in [-0.25, -0.2) is 8.42 Å². The highest BCUT2D eigenvalue weighted by atomic mass is 35.5. The predicted octanol–water partition coefficient (Wildman–Crippen LogP) is 3.07. The van der Waals surface area contributed by atoms with E-state index in [9.17, 15) is 8.42 Å². The molecule has 3 nitrogen and oxygen atoms in total. The summed E-state index contributed by atoms with van der Waals surface area (Å²) in [4.78, 5) is 0.226. The summed E-state index contributed by atoms with van der Waals surface area (Å²) in [6.07, 6.45) is 2.01. The highest BCUT2D eigenvalue weighted by molar-refractivity contribution is 7.89. The summed E-state index contributed by atoms with van der Waals surface area (Å²) in [6.45, 7) is 5.16. The van der Waals surface area contributed by atoms with Crippen LogP contribution in [0.3, 0.4) is 0 Å². The molecule has 0 N–H and O–H groups in total. The smallest absolute Gasteiger partial charge is 0.207 e. The van der Waals surface area contributed by atoms with E-state index in [2.05, 4.69) is 6.92 Å². The Morgan fingerprint density at radius 3 is 2.72 bits per heavy atom. The zero-order valence-electron chi connectivity index (χ0n) is 10.7. The molecule has 1 aromatic carbocycles. The van der Waals surface area contributed by atoms with Crippen LogP contribution in [0.4, 0.5) is 0 Å². The minimum atomic E-state index is -3.44. The maximum Gasteiger partial charge on any atom is 0.244 e. The average Bonchev–Trinajstić information content (AvgIpc) is 2.28. The first kappa shape index (κ1) is 13.8. The van der Waals surface area contributed by atoms with Gasteiger partial charge in [0.25, 0.3) is 0 Å². The van der Waals surface area contributed by atoms with Crippen LogP contribution in [-0.2, 0) is 10.0 Å². The van der Waals surface area contributed by atoms with Crippen LogP contribution < -0.4 is 0 Å². The summed E-state index contributed by atoms with van der Waals surface area (Å²) in [5.41, 5.74) is 0.964. The second-order valence-corrected chi connectivity index (χ2v) is 7.36. The fourth-order valence-corrected chi connectivity index (χ4v) is 4.49. The third kappa shape index (κ3) is 2.71. The van der Waals surface area contributed by atoms with Gasteiger partial charge >= 0.3 is 0 Å². The molecule has 18 heavy (non-hydrogen) atoms. The summed E-state index contributed by atoms with van der Waals surface area (Å²) in [5, 5.41) is 0.313. The molecular weight excluding hydrogens is 270 g/mol. The second-order valence-electron chi connectivity index (χ2n) is 5.04.